The van der Waals surface area contributed by atoms with Crippen LogP contribution in [0.15, 0.2) is 41.8 Å². The molecule has 0 saturated heterocycles. The molecule has 7 heteroatoms. The summed E-state index contributed by atoms with van der Waals surface area (Å²) in [6, 6.07) is 8.15. The summed E-state index contributed by atoms with van der Waals surface area (Å²) >= 11 is 6.95. The Hall–Kier alpha value is -2.05. The monoisotopic (exact) mass is 324 g/mol. The lowest BCUT2D eigenvalue weighted by Gasteiger charge is -2.05. The molecule has 3 aromatic rings. The van der Waals surface area contributed by atoms with E-state index >= 15 is 0 Å². The Balaban J connectivity index is 2.19. The molecule has 1 aromatic carbocycles. The minimum Gasteiger partial charge on any atom is -0.274 e. The van der Waals surface area contributed by atoms with Gasteiger partial charge in [-0.1, -0.05) is 6.07 Å². The summed E-state index contributed by atoms with van der Waals surface area (Å²) in [5.74, 6) is -1.53. The van der Waals surface area contributed by atoms with Crippen molar-refractivity contribution in [1.29, 1.82) is 0 Å². The number of carbonyl (C=O) groups excluding carboxylic acids is 1. The van der Waals surface area contributed by atoms with E-state index in [-0.39, 0.29) is 11.4 Å². The molecule has 0 radical (unpaired) electrons. The molecule has 0 bridgehead atoms. The molecular formula is C14H7ClF2N2OS. The van der Waals surface area contributed by atoms with Crippen molar-refractivity contribution >= 4 is 28.2 Å². The van der Waals surface area contributed by atoms with Crippen molar-refractivity contribution in [2.24, 2.45) is 0 Å². The third-order valence-electron chi connectivity index (χ3n) is 2.82. The minimum atomic E-state index is -0.824. The fourth-order valence-electron chi connectivity index (χ4n) is 1.90. The van der Waals surface area contributed by atoms with Crippen molar-refractivity contribution < 1.29 is 13.6 Å². The van der Waals surface area contributed by atoms with Crippen LogP contribution >= 0.6 is 22.9 Å². The van der Waals surface area contributed by atoms with Crippen LogP contribution in [-0.2, 0) is 0 Å². The number of thiophene rings is 1. The zero-order valence-corrected chi connectivity index (χ0v) is 12.0. The molecule has 21 heavy (non-hydrogen) atoms. The Morgan fingerprint density at radius 1 is 1.24 bits per heavy atom. The van der Waals surface area contributed by atoms with E-state index in [0.29, 0.717) is 5.69 Å². The lowest BCUT2D eigenvalue weighted by Crippen LogP contribution is -2.07. The van der Waals surface area contributed by atoms with Crippen molar-refractivity contribution in [3.05, 3.63) is 59.1 Å². The van der Waals surface area contributed by atoms with Gasteiger partial charge in [-0.2, -0.15) is 5.10 Å². The first-order valence-electron chi connectivity index (χ1n) is 5.85. The van der Waals surface area contributed by atoms with E-state index in [1.165, 1.54) is 23.5 Å². The van der Waals surface area contributed by atoms with E-state index in [1.807, 2.05) is 17.5 Å². The molecule has 3 nitrogen and oxygen atoms in total. The van der Waals surface area contributed by atoms with Crippen LogP contribution in [0.25, 0.3) is 16.3 Å². The average Bonchev–Trinajstić information content (AvgIpc) is 3.07. The van der Waals surface area contributed by atoms with Gasteiger partial charge in [0.1, 0.15) is 22.9 Å². The van der Waals surface area contributed by atoms with E-state index in [4.69, 9.17) is 11.6 Å². The molecule has 0 spiro atoms. The normalized spacial score (nSPS) is 10.8. The number of hydrogen-bond donors (Lipinski definition) is 0. The number of halogens is 3. The third kappa shape index (κ3) is 2.59. The fourth-order valence-corrected chi connectivity index (χ4v) is 2.72. The number of aromatic nitrogens is 2. The van der Waals surface area contributed by atoms with Gasteiger partial charge in [-0.25, -0.2) is 13.5 Å². The maximum absolute atomic E-state index is 13.9. The lowest BCUT2D eigenvalue weighted by molar-refractivity contribution is 0.107. The van der Waals surface area contributed by atoms with Gasteiger partial charge in [-0.05, 0) is 41.2 Å². The highest BCUT2D eigenvalue weighted by Gasteiger charge is 2.18. The van der Waals surface area contributed by atoms with Crippen molar-refractivity contribution in [1.82, 2.24) is 9.78 Å². The summed E-state index contributed by atoms with van der Waals surface area (Å²) < 4.78 is 28.0. The molecular weight excluding hydrogens is 318 g/mol. The van der Waals surface area contributed by atoms with Crippen LogP contribution in [0.3, 0.4) is 0 Å². The molecule has 0 aliphatic rings. The molecule has 2 aromatic heterocycles. The van der Waals surface area contributed by atoms with Gasteiger partial charge in [-0.15, -0.1) is 11.3 Å². The van der Waals surface area contributed by atoms with Crippen LogP contribution in [0.2, 0.25) is 0 Å². The first-order chi connectivity index (χ1) is 10.1. The molecule has 0 fully saturated rings. The van der Waals surface area contributed by atoms with Gasteiger partial charge in [0.15, 0.2) is 5.82 Å². The Labute approximate surface area is 127 Å². The summed E-state index contributed by atoms with van der Waals surface area (Å²) in [6.45, 7) is 0. The minimum absolute atomic E-state index is 0.0191. The molecule has 0 unspecified atom stereocenters. The van der Waals surface area contributed by atoms with Crippen LogP contribution in [0, 0.1) is 11.6 Å². The van der Waals surface area contributed by atoms with Gasteiger partial charge in [0.05, 0.1) is 4.88 Å². The van der Waals surface area contributed by atoms with Crippen LogP contribution < -0.4 is 0 Å². The largest absolute Gasteiger partial charge is 0.274 e. The first kappa shape index (κ1) is 13.9. The summed E-state index contributed by atoms with van der Waals surface area (Å²) in [5.41, 5.74) is 0.478. The molecule has 2 heterocycles. The van der Waals surface area contributed by atoms with E-state index < -0.39 is 16.9 Å². The number of benzene rings is 1. The van der Waals surface area contributed by atoms with Crippen LogP contribution in [0.5, 0.6) is 0 Å². The topological polar surface area (TPSA) is 34.9 Å². The average molecular weight is 325 g/mol. The van der Waals surface area contributed by atoms with E-state index in [0.717, 1.165) is 21.7 Å². The van der Waals surface area contributed by atoms with Crippen molar-refractivity contribution in [2.75, 3.05) is 0 Å². The Morgan fingerprint density at radius 2 is 2.05 bits per heavy atom. The lowest BCUT2D eigenvalue weighted by atomic mass is 10.3. The number of nitrogens with zero attached hydrogens (tertiary/aromatic N) is 2. The van der Waals surface area contributed by atoms with Gasteiger partial charge in [0, 0.05) is 6.07 Å². The van der Waals surface area contributed by atoms with E-state index in [1.54, 1.807) is 0 Å². The molecule has 3 rings (SSSR count). The summed E-state index contributed by atoms with van der Waals surface area (Å²) in [5, 5.41) is 5.28. The van der Waals surface area contributed by atoms with Gasteiger partial charge in [0.25, 0.3) is 5.24 Å². The van der Waals surface area contributed by atoms with Gasteiger partial charge >= 0.3 is 0 Å². The third-order valence-corrected chi connectivity index (χ3v) is 3.91. The maximum Gasteiger partial charge on any atom is 0.270 e. The van der Waals surface area contributed by atoms with Crippen molar-refractivity contribution in [3.63, 3.8) is 0 Å². The Morgan fingerprint density at radius 3 is 2.67 bits per heavy atom. The van der Waals surface area contributed by atoms with Crippen LogP contribution in [0.4, 0.5) is 8.78 Å². The quantitative estimate of drug-likeness (QED) is 0.675. The molecule has 0 aliphatic heterocycles. The molecule has 0 saturated carbocycles. The van der Waals surface area contributed by atoms with Crippen LogP contribution in [0.1, 0.15) is 10.5 Å². The number of rotatable bonds is 3. The Kier molecular flexibility index (Phi) is 3.57. The van der Waals surface area contributed by atoms with Gasteiger partial charge < -0.3 is 0 Å². The molecule has 0 atom stereocenters. The number of hydrogen-bond acceptors (Lipinski definition) is 3. The van der Waals surface area contributed by atoms with Crippen molar-refractivity contribution in [3.8, 4) is 16.3 Å². The predicted molar refractivity (Wildman–Crippen MR) is 77.0 cm³/mol. The summed E-state index contributed by atoms with van der Waals surface area (Å²) in [7, 11) is 0. The summed E-state index contributed by atoms with van der Waals surface area (Å²) in [4.78, 5) is 12.3. The van der Waals surface area contributed by atoms with E-state index in [9.17, 15) is 13.6 Å². The second-order valence-corrected chi connectivity index (χ2v) is 5.46. The molecule has 0 amide bonds. The van der Waals surface area contributed by atoms with E-state index in [2.05, 4.69) is 5.10 Å². The highest BCUT2D eigenvalue weighted by Crippen LogP contribution is 2.27. The standard InChI is InChI=1S/C14H7ClF2N2OS/c15-14(20)12-7-10(13-2-1-5-21-13)18-19(12)11-4-3-8(16)6-9(11)17/h1-7H. The zero-order valence-electron chi connectivity index (χ0n) is 10.4. The molecule has 0 aliphatic carbocycles. The highest BCUT2D eigenvalue weighted by atomic mass is 35.5. The second-order valence-electron chi connectivity index (χ2n) is 4.17. The van der Waals surface area contributed by atoms with Gasteiger partial charge in [-0.3, -0.25) is 4.79 Å². The van der Waals surface area contributed by atoms with Crippen molar-refractivity contribution in [2.45, 2.75) is 0 Å². The molecule has 106 valence electrons. The maximum atomic E-state index is 13.9. The van der Waals surface area contributed by atoms with Crippen LogP contribution in [-0.4, -0.2) is 15.0 Å². The SMILES string of the molecule is O=C(Cl)c1cc(-c2cccs2)nn1-c1ccc(F)cc1F. The molecule has 0 N–H and O–H groups in total. The zero-order chi connectivity index (χ0) is 15.0. The van der Waals surface area contributed by atoms with Gasteiger partial charge in [0.2, 0.25) is 0 Å². The fraction of sp³-hybridized carbons (Fsp3) is 0. The Bertz CT molecular complexity index is 815. The second kappa shape index (κ2) is 5.38. The predicted octanol–water partition coefficient (Wildman–Crippen LogP) is 4.26. The number of carbonyl (C=O) groups is 1. The summed E-state index contributed by atoms with van der Waals surface area (Å²) in [6.07, 6.45) is 0. The first-order valence-corrected chi connectivity index (χ1v) is 7.11. The smallest absolute Gasteiger partial charge is 0.270 e. The highest BCUT2D eigenvalue weighted by molar-refractivity contribution is 7.13.